The number of carbonyl (C=O) groups is 1. The predicted molar refractivity (Wildman–Crippen MR) is 76.0 cm³/mol. The van der Waals surface area contributed by atoms with E-state index in [2.05, 4.69) is 15.7 Å². The smallest absolute Gasteiger partial charge is 0.221 e. The molecule has 106 valence electrons. The van der Waals surface area contributed by atoms with Crippen molar-refractivity contribution in [1.82, 2.24) is 9.78 Å². The average molecular weight is 276 g/mol. The second-order valence-electron chi connectivity index (χ2n) is 4.64. The van der Waals surface area contributed by atoms with Gasteiger partial charge in [-0.15, -0.1) is 0 Å². The lowest BCUT2D eigenvalue weighted by Crippen LogP contribution is -2.08. The molecule has 20 heavy (non-hydrogen) atoms. The number of halogens is 1. The Hall–Kier alpha value is -2.37. The number of rotatable bonds is 4. The van der Waals surface area contributed by atoms with Crippen molar-refractivity contribution in [2.75, 3.05) is 10.6 Å². The monoisotopic (exact) mass is 276 g/mol. The molecular formula is C14H17FN4O. The summed E-state index contributed by atoms with van der Waals surface area (Å²) in [4.78, 5) is 11.0. The highest BCUT2D eigenvalue weighted by molar-refractivity contribution is 5.89. The Morgan fingerprint density at radius 3 is 2.80 bits per heavy atom. The fourth-order valence-corrected chi connectivity index (χ4v) is 1.94. The first-order chi connectivity index (χ1) is 9.45. The molecule has 0 saturated heterocycles. The maximum absolute atomic E-state index is 13.5. The van der Waals surface area contributed by atoms with Gasteiger partial charge in [0.05, 0.1) is 11.4 Å². The number of hydrogen-bond donors (Lipinski definition) is 2. The zero-order chi connectivity index (χ0) is 14.7. The summed E-state index contributed by atoms with van der Waals surface area (Å²) in [6, 6.07) is 4.53. The minimum Gasteiger partial charge on any atom is -0.381 e. The summed E-state index contributed by atoms with van der Waals surface area (Å²) in [6.45, 7) is 3.87. The first-order valence-electron chi connectivity index (χ1n) is 6.26. The van der Waals surface area contributed by atoms with Gasteiger partial charge in [-0.1, -0.05) is 0 Å². The second kappa shape index (κ2) is 5.73. The van der Waals surface area contributed by atoms with Crippen LogP contribution in [0.3, 0.4) is 0 Å². The summed E-state index contributed by atoms with van der Waals surface area (Å²) >= 11 is 0. The van der Waals surface area contributed by atoms with Crippen molar-refractivity contribution >= 4 is 17.3 Å². The molecule has 0 radical (unpaired) electrons. The lowest BCUT2D eigenvalue weighted by Gasteiger charge is -2.09. The Bertz CT molecular complexity index is 636. The number of benzene rings is 1. The maximum atomic E-state index is 13.5. The van der Waals surface area contributed by atoms with Crippen molar-refractivity contribution in [2.24, 2.45) is 7.05 Å². The largest absolute Gasteiger partial charge is 0.381 e. The number of aryl methyl sites for hydroxylation is 2. The highest BCUT2D eigenvalue weighted by Crippen LogP contribution is 2.20. The summed E-state index contributed by atoms with van der Waals surface area (Å²) in [5.74, 6) is -0.757. The molecule has 0 saturated carbocycles. The molecule has 0 aliphatic heterocycles. The molecule has 0 spiro atoms. The molecule has 2 rings (SSSR count). The van der Waals surface area contributed by atoms with Crippen LogP contribution in [0.25, 0.3) is 0 Å². The van der Waals surface area contributed by atoms with Crippen LogP contribution in [0.4, 0.5) is 15.8 Å². The van der Waals surface area contributed by atoms with E-state index in [4.69, 9.17) is 0 Å². The molecule has 0 atom stereocenters. The van der Waals surface area contributed by atoms with E-state index in [1.807, 2.05) is 20.2 Å². The first kappa shape index (κ1) is 14.0. The Morgan fingerprint density at radius 2 is 2.20 bits per heavy atom. The van der Waals surface area contributed by atoms with Crippen LogP contribution in [0.5, 0.6) is 0 Å². The van der Waals surface area contributed by atoms with Crippen LogP contribution in [-0.2, 0) is 18.4 Å². The zero-order valence-corrected chi connectivity index (χ0v) is 11.7. The molecule has 0 bridgehead atoms. The summed E-state index contributed by atoms with van der Waals surface area (Å²) in [5.41, 5.74) is 2.92. The van der Waals surface area contributed by atoms with Gasteiger partial charge < -0.3 is 10.6 Å². The topological polar surface area (TPSA) is 59.0 Å². The van der Waals surface area contributed by atoms with Crippen LogP contribution >= 0.6 is 0 Å². The number of hydrogen-bond acceptors (Lipinski definition) is 3. The summed E-state index contributed by atoms with van der Waals surface area (Å²) in [7, 11) is 1.86. The van der Waals surface area contributed by atoms with Crippen molar-refractivity contribution in [2.45, 2.75) is 20.4 Å². The SMILES string of the molecule is CC(=O)Nc1cc(NCc2cn(C)nc2C)ccc1F. The Kier molecular flexibility index (Phi) is 4.02. The van der Waals surface area contributed by atoms with Gasteiger partial charge in [0.25, 0.3) is 0 Å². The van der Waals surface area contributed by atoms with Gasteiger partial charge in [-0.3, -0.25) is 9.48 Å². The summed E-state index contributed by atoms with van der Waals surface area (Å²) in [6.07, 6.45) is 1.93. The Balaban J connectivity index is 2.10. The van der Waals surface area contributed by atoms with E-state index in [-0.39, 0.29) is 11.6 Å². The van der Waals surface area contributed by atoms with Crippen LogP contribution < -0.4 is 10.6 Å². The standard InChI is InChI=1S/C14H17FN4O/c1-9-11(8-19(3)18-9)7-16-12-4-5-13(15)14(6-12)17-10(2)20/h4-6,8,16H,7H2,1-3H3,(H,17,20). The number of nitrogens with zero attached hydrogens (tertiary/aromatic N) is 2. The lowest BCUT2D eigenvalue weighted by molar-refractivity contribution is -0.114. The van der Waals surface area contributed by atoms with Gasteiger partial charge in [-0.05, 0) is 25.1 Å². The Morgan fingerprint density at radius 1 is 1.45 bits per heavy atom. The molecule has 0 aliphatic carbocycles. The quantitative estimate of drug-likeness (QED) is 0.901. The molecule has 1 aromatic carbocycles. The minimum absolute atomic E-state index is 0.172. The van der Waals surface area contributed by atoms with Crippen molar-refractivity contribution in [3.05, 3.63) is 41.5 Å². The number of nitrogens with one attached hydrogen (secondary N) is 2. The molecule has 0 aliphatic rings. The lowest BCUT2D eigenvalue weighted by atomic mass is 10.2. The molecule has 2 N–H and O–H groups in total. The van der Waals surface area contributed by atoms with Gasteiger partial charge in [0.2, 0.25) is 5.91 Å². The molecule has 1 heterocycles. The zero-order valence-electron chi connectivity index (χ0n) is 11.7. The third kappa shape index (κ3) is 3.34. The fourth-order valence-electron chi connectivity index (χ4n) is 1.94. The van der Waals surface area contributed by atoms with Gasteiger partial charge in [0.1, 0.15) is 5.82 Å². The third-order valence-corrected chi connectivity index (χ3v) is 2.88. The first-order valence-corrected chi connectivity index (χ1v) is 6.26. The van der Waals surface area contributed by atoms with E-state index in [1.165, 1.54) is 13.0 Å². The van der Waals surface area contributed by atoms with E-state index in [0.717, 1.165) is 16.9 Å². The van der Waals surface area contributed by atoms with Crippen LogP contribution in [0.2, 0.25) is 0 Å². The van der Waals surface area contributed by atoms with Gasteiger partial charge in [0.15, 0.2) is 0 Å². The number of aromatic nitrogens is 2. The number of carbonyl (C=O) groups excluding carboxylic acids is 1. The molecule has 6 heteroatoms. The van der Waals surface area contributed by atoms with Crippen molar-refractivity contribution in [3.63, 3.8) is 0 Å². The molecule has 0 unspecified atom stereocenters. The molecule has 5 nitrogen and oxygen atoms in total. The van der Waals surface area contributed by atoms with E-state index in [0.29, 0.717) is 6.54 Å². The maximum Gasteiger partial charge on any atom is 0.221 e. The van der Waals surface area contributed by atoms with Crippen molar-refractivity contribution < 1.29 is 9.18 Å². The van der Waals surface area contributed by atoms with Gasteiger partial charge >= 0.3 is 0 Å². The van der Waals surface area contributed by atoms with Crippen LogP contribution in [-0.4, -0.2) is 15.7 Å². The summed E-state index contributed by atoms with van der Waals surface area (Å²) < 4.78 is 15.3. The van der Waals surface area contributed by atoms with Gasteiger partial charge in [-0.25, -0.2) is 4.39 Å². The highest BCUT2D eigenvalue weighted by atomic mass is 19.1. The van der Waals surface area contributed by atoms with Gasteiger partial charge in [0, 0.05) is 38.0 Å². The summed E-state index contributed by atoms with van der Waals surface area (Å²) in [5, 5.41) is 9.90. The molecule has 2 aromatic rings. The molecule has 1 aromatic heterocycles. The third-order valence-electron chi connectivity index (χ3n) is 2.88. The second-order valence-corrected chi connectivity index (χ2v) is 4.64. The van der Waals surface area contributed by atoms with Crippen molar-refractivity contribution in [3.8, 4) is 0 Å². The number of amides is 1. The van der Waals surface area contributed by atoms with Crippen LogP contribution in [0.15, 0.2) is 24.4 Å². The normalized spacial score (nSPS) is 10.4. The van der Waals surface area contributed by atoms with Gasteiger partial charge in [-0.2, -0.15) is 5.10 Å². The van der Waals surface area contributed by atoms with E-state index in [1.54, 1.807) is 16.8 Å². The molecule has 0 fully saturated rings. The fraction of sp³-hybridized carbons (Fsp3) is 0.286. The van der Waals surface area contributed by atoms with Crippen molar-refractivity contribution in [1.29, 1.82) is 0 Å². The van der Waals surface area contributed by atoms with E-state index >= 15 is 0 Å². The molecule has 1 amide bonds. The Labute approximate surface area is 116 Å². The number of anilines is 2. The highest BCUT2D eigenvalue weighted by Gasteiger charge is 2.06. The van der Waals surface area contributed by atoms with Crippen LogP contribution in [0, 0.1) is 12.7 Å². The van der Waals surface area contributed by atoms with E-state index < -0.39 is 5.82 Å². The van der Waals surface area contributed by atoms with Crippen LogP contribution in [0.1, 0.15) is 18.2 Å². The predicted octanol–water partition coefficient (Wildman–Crippen LogP) is 2.44. The minimum atomic E-state index is -0.455. The van der Waals surface area contributed by atoms with E-state index in [9.17, 15) is 9.18 Å². The average Bonchev–Trinajstić information content (AvgIpc) is 2.68. The molecular weight excluding hydrogens is 259 g/mol.